The highest BCUT2D eigenvalue weighted by atomic mass is 32.2. The molecular weight excluding hydrogens is 262 g/mol. The maximum atomic E-state index is 4.79. The Balaban J connectivity index is 1.80. The second kappa shape index (κ2) is 5.23. The number of hydrogen-bond acceptors (Lipinski definition) is 6. The lowest BCUT2D eigenvalue weighted by atomic mass is 10.2. The summed E-state index contributed by atoms with van der Waals surface area (Å²) in [6.07, 6.45) is 1.55. The van der Waals surface area contributed by atoms with Gasteiger partial charge in [0, 0.05) is 11.8 Å². The fourth-order valence-electron chi connectivity index (χ4n) is 1.57. The Bertz CT molecular complexity index is 647. The van der Waals surface area contributed by atoms with Gasteiger partial charge in [0.15, 0.2) is 0 Å². The monoisotopic (exact) mass is 273 g/mol. The molecule has 0 fully saturated rings. The van der Waals surface area contributed by atoms with E-state index < -0.39 is 0 Å². The van der Waals surface area contributed by atoms with Crippen molar-refractivity contribution in [2.45, 2.75) is 17.8 Å². The minimum absolute atomic E-state index is 0.669. The van der Waals surface area contributed by atoms with E-state index in [9.17, 15) is 0 Å². The van der Waals surface area contributed by atoms with Crippen LogP contribution in [0.3, 0.4) is 0 Å². The van der Waals surface area contributed by atoms with Gasteiger partial charge >= 0.3 is 0 Å². The van der Waals surface area contributed by atoms with Crippen molar-refractivity contribution in [3.63, 3.8) is 0 Å². The Morgan fingerprint density at radius 3 is 2.79 bits per heavy atom. The van der Waals surface area contributed by atoms with Crippen LogP contribution in [0.15, 0.2) is 46.3 Å². The molecule has 0 aliphatic carbocycles. The fraction of sp³-hybridized carbons (Fsp3) is 0.167. The molecular formula is C12H11N5OS. The Morgan fingerprint density at radius 1 is 1.21 bits per heavy atom. The maximum absolute atomic E-state index is 4.79. The zero-order valence-electron chi connectivity index (χ0n) is 10.2. The average Bonchev–Trinajstić information content (AvgIpc) is 3.08. The first-order valence-corrected chi connectivity index (χ1v) is 6.69. The van der Waals surface area contributed by atoms with Crippen LogP contribution in [-0.2, 0) is 5.75 Å². The van der Waals surface area contributed by atoms with Crippen molar-refractivity contribution in [3.8, 4) is 5.69 Å². The number of hydrogen-bond donors (Lipinski definition) is 0. The van der Waals surface area contributed by atoms with Crippen LogP contribution in [-0.4, -0.2) is 25.4 Å². The Labute approximate surface area is 113 Å². The third-order valence-corrected chi connectivity index (χ3v) is 3.51. The van der Waals surface area contributed by atoms with Crippen LogP contribution in [0.4, 0.5) is 0 Å². The Morgan fingerprint density at radius 2 is 2.05 bits per heavy atom. The highest BCUT2D eigenvalue weighted by Gasteiger charge is 2.09. The van der Waals surface area contributed by atoms with E-state index in [1.807, 2.05) is 37.3 Å². The van der Waals surface area contributed by atoms with Crippen molar-refractivity contribution in [2.75, 3.05) is 0 Å². The lowest BCUT2D eigenvalue weighted by Gasteiger charge is -2.03. The predicted octanol–water partition coefficient (Wildman–Crippen LogP) is 2.25. The van der Waals surface area contributed by atoms with Gasteiger partial charge in [0.1, 0.15) is 6.26 Å². The van der Waals surface area contributed by atoms with E-state index in [0.29, 0.717) is 5.75 Å². The van der Waals surface area contributed by atoms with E-state index in [0.717, 1.165) is 16.5 Å². The summed E-state index contributed by atoms with van der Waals surface area (Å²) in [4.78, 5) is 0. The number of aryl methyl sites for hydroxylation is 1. The second-order valence-electron chi connectivity index (χ2n) is 3.99. The van der Waals surface area contributed by atoms with Crippen LogP contribution in [0.1, 0.15) is 11.3 Å². The molecule has 7 heteroatoms. The van der Waals surface area contributed by atoms with Crippen molar-refractivity contribution < 1.29 is 4.52 Å². The van der Waals surface area contributed by atoms with E-state index in [4.69, 9.17) is 4.52 Å². The molecule has 0 N–H and O–H groups in total. The molecule has 0 saturated heterocycles. The number of tetrazole rings is 1. The maximum Gasteiger partial charge on any atom is 0.214 e. The SMILES string of the molecule is Cc1ccc(-n2nnnc2SCc2ccon2)cc1. The molecule has 0 bridgehead atoms. The van der Waals surface area contributed by atoms with Gasteiger partial charge in [0.2, 0.25) is 5.16 Å². The summed E-state index contributed by atoms with van der Waals surface area (Å²) in [6.45, 7) is 2.05. The number of thioether (sulfide) groups is 1. The highest BCUT2D eigenvalue weighted by molar-refractivity contribution is 7.98. The summed E-state index contributed by atoms with van der Waals surface area (Å²) in [5.74, 6) is 0.669. The first-order chi connectivity index (χ1) is 9.33. The molecule has 0 atom stereocenters. The summed E-state index contributed by atoms with van der Waals surface area (Å²) in [5, 5.41) is 16.3. The third kappa shape index (κ3) is 2.65. The van der Waals surface area contributed by atoms with Crippen molar-refractivity contribution in [2.24, 2.45) is 0 Å². The van der Waals surface area contributed by atoms with Crippen LogP contribution in [0, 0.1) is 6.92 Å². The van der Waals surface area contributed by atoms with E-state index in [1.54, 1.807) is 10.9 Å². The lowest BCUT2D eigenvalue weighted by molar-refractivity contribution is 0.414. The molecule has 0 unspecified atom stereocenters. The van der Waals surface area contributed by atoms with Gasteiger partial charge in [-0.1, -0.05) is 34.6 Å². The highest BCUT2D eigenvalue weighted by Crippen LogP contribution is 2.21. The van der Waals surface area contributed by atoms with E-state index in [2.05, 4.69) is 20.7 Å². The second-order valence-corrected chi connectivity index (χ2v) is 4.93. The molecule has 0 amide bonds. The fourth-order valence-corrected chi connectivity index (χ4v) is 2.35. The molecule has 3 rings (SSSR count). The van der Waals surface area contributed by atoms with Gasteiger partial charge in [-0.3, -0.25) is 0 Å². The summed E-state index contributed by atoms with van der Waals surface area (Å²) in [6, 6.07) is 9.87. The molecule has 1 aromatic carbocycles. The minimum atomic E-state index is 0.669. The molecule has 19 heavy (non-hydrogen) atoms. The van der Waals surface area contributed by atoms with Crippen LogP contribution in [0.25, 0.3) is 5.69 Å². The van der Waals surface area contributed by atoms with Gasteiger partial charge in [-0.25, -0.2) is 0 Å². The number of benzene rings is 1. The molecule has 2 heterocycles. The van der Waals surface area contributed by atoms with Crippen LogP contribution >= 0.6 is 11.8 Å². The third-order valence-electron chi connectivity index (χ3n) is 2.56. The number of rotatable bonds is 4. The van der Waals surface area contributed by atoms with Gasteiger partial charge < -0.3 is 4.52 Å². The molecule has 0 saturated carbocycles. The van der Waals surface area contributed by atoms with Crippen LogP contribution < -0.4 is 0 Å². The summed E-state index contributed by atoms with van der Waals surface area (Å²) >= 11 is 1.51. The minimum Gasteiger partial charge on any atom is -0.364 e. The molecule has 2 aromatic heterocycles. The molecule has 0 spiro atoms. The molecule has 6 nitrogen and oxygen atoms in total. The Hall–Kier alpha value is -2.15. The van der Waals surface area contributed by atoms with Gasteiger partial charge in [-0.2, -0.15) is 4.68 Å². The smallest absolute Gasteiger partial charge is 0.214 e. The quantitative estimate of drug-likeness (QED) is 0.679. The van der Waals surface area contributed by atoms with Crippen molar-refractivity contribution in [1.29, 1.82) is 0 Å². The zero-order valence-corrected chi connectivity index (χ0v) is 11.0. The molecule has 0 aliphatic rings. The predicted molar refractivity (Wildman–Crippen MR) is 70.0 cm³/mol. The van der Waals surface area contributed by atoms with E-state index in [1.165, 1.54) is 17.3 Å². The standard InChI is InChI=1S/C12H11N5OS/c1-9-2-4-11(5-3-9)17-12(13-15-16-17)19-8-10-6-7-18-14-10/h2-7H,8H2,1H3. The Kier molecular flexibility index (Phi) is 3.28. The number of nitrogens with zero attached hydrogens (tertiary/aromatic N) is 5. The first-order valence-electron chi connectivity index (χ1n) is 5.70. The van der Waals surface area contributed by atoms with Crippen molar-refractivity contribution >= 4 is 11.8 Å². The van der Waals surface area contributed by atoms with E-state index in [-0.39, 0.29) is 0 Å². The molecule has 96 valence electrons. The van der Waals surface area contributed by atoms with Gasteiger partial charge in [-0.05, 0) is 29.5 Å². The molecule has 0 radical (unpaired) electrons. The normalized spacial score (nSPS) is 10.8. The van der Waals surface area contributed by atoms with Crippen LogP contribution in [0.5, 0.6) is 0 Å². The van der Waals surface area contributed by atoms with Crippen LogP contribution in [0.2, 0.25) is 0 Å². The summed E-state index contributed by atoms with van der Waals surface area (Å²) in [7, 11) is 0. The van der Waals surface area contributed by atoms with Gasteiger partial charge in [-0.15, -0.1) is 5.10 Å². The molecule has 0 aliphatic heterocycles. The number of aromatic nitrogens is 5. The van der Waals surface area contributed by atoms with Gasteiger partial charge in [0.05, 0.1) is 11.4 Å². The summed E-state index contributed by atoms with van der Waals surface area (Å²) in [5.41, 5.74) is 3.01. The lowest BCUT2D eigenvalue weighted by Crippen LogP contribution is -1.99. The van der Waals surface area contributed by atoms with Crippen molar-refractivity contribution in [1.82, 2.24) is 25.4 Å². The average molecular weight is 273 g/mol. The van der Waals surface area contributed by atoms with E-state index >= 15 is 0 Å². The zero-order chi connectivity index (χ0) is 13.1. The van der Waals surface area contributed by atoms with Gasteiger partial charge in [0.25, 0.3) is 0 Å². The first kappa shape index (κ1) is 11.9. The topological polar surface area (TPSA) is 69.6 Å². The largest absolute Gasteiger partial charge is 0.364 e. The summed E-state index contributed by atoms with van der Waals surface area (Å²) < 4.78 is 6.50. The molecule has 3 aromatic rings. The van der Waals surface area contributed by atoms with Crippen molar-refractivity contribution in [3.05, 3.63) is 47.9 Å².